The molecule has 0 rings (SSSR count). The average molecular weight is 238 g/mol. The van der Waals surface area contributed by atoms with Gasteiger partial charge in [0, 0.05) is 12.1 Å². The molecule has 3 heteroatoms. The van der Waals surface area contributed by atoms with Gasteiger partial charge in [-0.25, -0.2) is 0 Å². The maximum absolute atomic E-state index is 8.87. The van der Waals surface area contributed by atoms with E-state index in [2.05, 4.69) is 26.1 Å². The summed E-state index contributed by atoms with van der Waals surface area (Å²) in [6.45, 7) is 7.70. The van der Waals surface area contributed by atoms with Gasteiger partial charge in [-0.05, 0) is 19.3 Å². The lowest BCUT2D eigenvalue weighted by Crippen LogP contribution is -2.46. The highest BCUT2D eigenvalue weighted by atomic mass is 35.5. The Kier molecular flexibility index (Phi) is 12.6. The Morgan fingerprint density at radius 1 is 0.933 bits per heavy atom. The Labute approximate surface area is 101 Å². The molecule has 0 radical (unpaired) electrons. The van der Waals surface area contributed by atoms with Crippen molar-refractivity contribution in [1.82, 2.24) is 5.32 Å². The molecule has 2 nitrogen and oxygen atoms in total. The third-order valence-electron chi connectivity index (χ3n) is 2.80. The van der Waals surface area contributed by atoms with E-state index in [4.69, 9.17) is 5.11 Å². The lowest BCUT2D eigenvalue weighted by Gasteiger charge is -2.34. The van der Waals surface area contributed by atoms with Crippen LogP contribution in [0.3, 0.4) is 0 Å². The number of rotatable bonds is 9. The van der Waals surface area contributed by atoms with Gasteiger partial charge >= 0.3 is 0 Å². The van der Waals surface area contributed by atoms with Crippen LogP contribution in [0.25, 0.3) is 0 Å². The molecule has 0 aliphatic heterocycles. The molecule has 0 aromatic heterocycles. The Balaban J connectivity index is 0. The standard InChI is InChI=1S/C12H27NO.ClH/c1-4-7-12(8-5-2,9-6-3)13-10-11-14;/h13-14H,4-11H2,1-3H3;1H. The van der Waals surface area contributed by atoms with Crippen molar-refractivity contribution in [3.8, 4) is 0 Å². The average Bonchev–Trinajstić information content (AvgIpc) is 2.16. The van der Waals surface area contributed by atoms with Crippen LogP contribution in [0, 0.1) is 0 Å². The van der Waals surface area contributed by atoms with Crippen molar-refractivity contribution in [2.45, 2.75) is 64.8 Å². The molecule has 94 valence electrons. The van der Waals surface area contributed by atoms with Crippen molar-refractivity contribution >= 4 is 12.4 Å². The lowest BCUT2D eigenvalue weighted by atomic mass is 9.84. The van der Waals surface area contributed by atoms with E-state index in [0.29, 0.717) is 5.54 Å². The first-order valence-corrected chi connectivity index (χ1v) is 6.10. The van der Waals surface area contributed by atoms with Crippen molar-refractivity contribution < 1.29 is 5.11 Å². The van der Waals surface area contributed by atoms with E-state index in [9.17, 15) is 0 Å². The van der Waals surface area contributed by atoms with Crippen LogP contribution in [0.4, 0.5) is 0 Å². The van der Waals surface area contributed by atoms with E-state index < -0.39 is 0 Å². The number of hydrogen-bond donors (Lipinski definition) is 2. The van der Waals surface area contributed by atoms with E-state index in [1.165, 1.54) is 38.5 Å². The summed E-state index contributed by atoms with van der Waals surface area (Å²) in [4.78, 5) is 0. The maximum atomic E-state index is 8.87. The summed E-state index contributed by atoms with van der Waals surface area (Å²) in [7, 11) is 0. The van der Waals surface area contributed by atoms with E-state index in [1.54, 1.807) is 0 Å². The van der Waals surface area contributed by atoms with Crippen LogP contribution in [0.15, 0.2) is 0 Å². The predicted molar refractivity (Wildman–Crippen MR) is 69.8 cm³/mol. The number of nitrogens with one attached hydrogen (secondary N) is 1. The summed E-state index contributed by atoms with van der Waals surface area (Å²) in [6.07, 6.45) is 7.35. The summed E-state index contributed by atoms with van der Waals surface area (Å²) in [5.74, 6) is 0. The second kappa shape index (κ2) is 10.7. The zero-order valence-corrected chi connectivity index (χ0v) is 11.3. The number of aliphatic hydroxyl groups excluding tert-OH is 1. The first kappa shape index (κ1) is 17.6. The number of halogens is 1. The smallest absolute Gasteiger partial charge is 0.0556 e. The Morgan fingerprint density at radius 2 is 1.33 bits per heavy atom. The quantitative estimate of drug-likeness (QED) is 0.646. The summed E-state index contributed by atoms with van der Waals surface area (Å²) in [5.41, 5.74) is 0.293. The Bertz CT molecular complexity index is 114. The van der Waals surface area contributed by atoms with Gasteiger partial charge in [-0.15, -0.1) is 12.4 Å². The third-order valence-corrected chi connectivity index (χ3v) is 2.80. The van der Waals surface area contributed by atoms with Gasteiger partial charge in [0.2, 0.25) is 0 Å². The number of hydrogen-bond acceptors (Lipinski definition) is 2. The largest absolute Gasteiger partial charge is 0.395 e. The molecule has 0 aromatic carbocycles. The van der Waals surface area contributed by atoms with Crippen molar-refractivity contribution in [1.29, 1.82) is 0 Å². The zero-order chi connectivity index (χ0) is 10.9. The van der Waals surface area contributed by atoms with Gasteiger partial charge in [-0.2, -0.15) is 0 Å². The van der Waals surface area contributed by atoms with Crippen LogP contribution in [0.5, 0.6) is 0 Å². The molecule has 0 atom stereocenters. The molecule has 0 saturated heterocycles. The molecule has 0 spiro atoms. The van der Waals surface area contributed by atoms with Gasteiger partial charge in [-0.1, -0.05) is 40.0 Å². The summed E-state index contributed by atoms with van der Waals surface area (Å²) >= 11 is 0. The normalized spacial score (nSPS) is 11.2. The second-order valence-electron chi connectivity index (χ2n) is 4.18. The van der Waals surface area contributed by atoms with E-state index in [1.807, 2.05) is 0 Å². The molecule has 0 aliphatic carbocycles. The highest BCUT2D eigenvalue weighted by Gasteiger charge is 2.25. The molecular formula is C12H28ClNO. The molecule has 15 heavy (non-hydrogen) atoms. The van der Waals surface area contributed by atoms with Crippen molar-refractivity contribution in [2.75, 3.05) is 13.2 Å². The molecule has 0 aliphatic rings. The fourth-order valence-corrected chi connectivity index (χ4v) is 2.40. The fourth-order valence-electron chi connectivity index (χ4n) is 2.40. The number of β-amino-alcohol motifs (C(OH)–C–C–N with tert-alkyl or cyclic N) is 1. The summed E-state index contributed by atoms with van der Waals surface area (Å²) < 4.78 is 0. The van der Waals surface area contributed by atoms with Crippen molar-refractivity contribution in [2.24, 2.45) is 0 Å². The monoisotopic (exact) mass is 237 g/mol. The van der Waals surface area contributed by atoms with Crippen LogP contribution in [-0.4, -0.2) is 23.8 Å². The predicted octanol–water partition coefficient (Wildman–Crippen LogP) is 3.13. The lowest BCUT2D eigenvalue weighted by molar-refractivity contribution is 0.216. The molecule has 0 heterocycles. The highest BCUT2D eigenvalue weighted by molar-refractivity contribution is 5.85. The minimum absolute atomic E-state index is 0. The van der Waals surface area contributed by atoms with Gasteiger partial charge in [0.05, 0.1) is 6.61 Å². The molecule has 0 aromatic rings. The summed E-state index contributed by atoms with van der Waals surface area (Å²) in [6, 6.07) is 0. The van der Waals surface area contributed by atoms with E-state index >= 15 is 0 Å². The zero-order valence-electron chi connectivity index (χ0n) is 10.5. The van der Waals surface area contributed by atoms with Crippen LogP contribution in [-0.2, 0) is 0 Å². The molecule has 2 N–H and O–H groups in total. The van der Waals surface area contributed by atoms with Crippen LogP contribution >= 0.6 is 12.4 Å². The van der Waals surface area contributed by atoms with Crippen molar-refractivity contribution in [3.63, 3.8) is 0 Å². The van der Waals surface area contributed by atoms with Gasteiger partial charge in [0.1, 0.15) is 0 Å². The highest BCUT2D eigenvalue weighted by Crippen LogP contribution is 2.24. The van der Waals surface area contributed by atoms with Gasteiger partial charge in [0.25, 0.3) is 0 Å². The van der Waals surface area contributed by atoms with Gasteiger partial charge in [0.15, 0.2) is 0 Å². The second-order valence-corrected chi connectivity index (χ2v) is 4.18. The molecule has 0 saturated carbocycles. The minimum atomic E-state index is 0. The summed E-state index contributed by atoms with van der Waals surface area (Å²) in [5, 5.41) is 12.4. The first-order chi connectivity index (χ1) is 6.74. The van der Waals surface area contributed by atoms with Gasteiger partial charge < -0.3 is 10.4 Å². The van der Waals surface area contributed by atoms with Gasteiger partial charge in [-0.3, -0.25) is 0 Å². The number of aliphatic hydroxyl groups is 1. The van der Waals surface area contributed by atoms with Crippen molar-refractivity contribution in [3.05, 3.63) is 0 Å². The van der Waals surface area contributed by atoms with E-state index in [-0.39, 0.29) is 19.0 Å². The first-order valence-electron chi connectivity index (χ1n) is 6.10. The Hall–Kier alpha value is 0.210. The fraction of sp³-hybridized carbons (Fsp3) is 1.00. The van der Waals surface area contributed by atoms with Crippen LogP contribution in [0.2, 0.25) is 0 Å². The SMILES string of the molecule is CCCC(CCC)(CCC)NCCO.Cl. The van der Waals surface area contributed by atoms with Crippen LogP contribution in [0.1, 0.15) is 59.3 Å². The molecule has 0 bridgehead atoms. The molecule has 0 fully saturated rings. The molecule has 0 unspecified atom stereocenters. The topological polar surface area (TPSA) is 32.3 Å². The van der Waals surface area contributed by atoms with E-state index in [0.717, 1.165) is 6.54 Å². The molecular weight excluding hydrogens is 210 g/mol. The Morgan fingerprint density at radius 3 is 1.60 bits per heavy atom. The molecule has 0 amide bonds. The minimum Gasteiger partial charge on any atom is -0.395 e. The van der Waals surface area contributed by atoms with Crippen LogP contribution < -0.4 is 5.32 Å². The third kappa shape index (κ3) is 7.15. The maximum Gasteiger partial charge on any atom is 0.0556 e.